The number of esters is 1. The molecule has 2 heterocycles. The number of carbonyl (C=O) groups excluding carboxylic acids is 1. The maximum Gasteiger partial charge on any atom is 0.322 e. The summed E-state index contributed by atoms with van der Waals surface area (Å²) in [4.78, 5) is 11.3. The number of piperidine rings is 1. The van der Waals surface area contributed by atoms with E-state index in [-0.39, 0.29) is 12.6 Å². The Morgan fingerprint density at radius 1 is 1.48 bits per heavy atom. The molecular formula is C12H20N4O4S. The van der Waals surface area contributed by atoms with Crippen LogP contribution in [0.5, 0.6) is 0 Å². The van der Waals surface area contributed by atoms with Crippen LogP contribution >= 0.6 is 0 Å². The van der Waals surface area contributed by atoms with Gasteiger partial charge in [-0.2, -0.15) is 5.10 Å². The molecule has 1 aromatic heterocycles. The topological polar surface area (TPSA) is 108 Å². The molecule has 0 aromatic carbocycles. The van der Waals surface area contributed by atoms with Gasteiger partial charge in [0.05, 0.1) is 12.6 Å². The van der Waals surface area contributed by atoms with Crippen molar-refractivity contribution in [1.29, 1.82) is 0 Å². The molecule has 1 saturated heterocycles. The molecule has 2 rings (SSSR count). The molecule has 0 unspecified atom stereocenters. The van der Waals surface area contributed by atoms with Gasteiger partial charge < -0.3 is 10.5 Å². The molecular weight excluding hydrogens is 296 g/mol. The molecule has 2 N–H and O–H groups in total. The van der Waals surface area contributed by atoms with Crippen LogP contribution in [0.25, 0.3) is 0 Å². The maximum atomic E-state index is 12.1. The Morgan fingerprint density at radius 2 is 2.14 bits per heavy atom. The van der Waals surface area contributed by atoms with Gasteiger partial charge in [-0.25, -0.2) is 12.7 Å². The highest BCUT2D eigenvalue weighted by Crippen LogP contribution is 2.24. The lowest BCUT2D eigenvalue weighted by atomic mass is 10.1. The number of nitrogens with zero attached hydrogens (tertiary/aromatic N) is 3. The lowest BCUT2D eigenvalue weighted by Gasteiger charge is -2.31. The Kier molecular flexibility index (Phi) is 4.84. The number of hydrogen-bond acceptors (Lipinski definition) is 6. The molecule has 21 heavy (non-hydrogen) atoms. The summed E-state index contributed by atoms with van der Waals surface area (Å²) in [6.45, 7) is 2.56. The van der Waals surface area contributed by atoms with E-state index in [1.807, 2.05) is 0 Å². The van der Waals surface area contributed by atoms with Gasteiger partial charge in [0.2, 0.25) is 10.0 Å². The first-order valence-electron chi connectivity index (χ1n) is 6.86. The van der Waals surface area contributed by atoms with Crippen LogP contribution < -0.4 is 5.73 Å². The van der Waals surface area contributed by atoms with E-state index >= 15 is 0 Å². The molecule has 1 aliphatic heterocycles. The molecule has 0 aliphatic carbocycles. The highest BCUT2D eigenvalue weighted by Gasteiger charge is 2.31. The van der Waals surface area contributed by atoms with Crippen molar-refractivity contribution in [1.82, 2.24) is 14.1 Å². The summed E-state index contributed by atoms with van der Waals surface area (Å²) in [6.07, 6.45) is 3.08. The molecule has 1 fully saturated rings. The molecule has 8 nitrogen and oxygen atoms in total. The van der Waals surface area contributed by atoms with Crippen molar-refractivity contribution in [2.24, 2.45) is 0 Å². The van der Waals surface area contributed by atoms with Gasteiger partial charge in [-0.3, -0.25) is 9.48 Å². The van der Waals surface area contributed by atoms with Gasteiger partial charge >= 0.3 is 5.97 Å². The van der Waals surface area contributed by atoms with Crippen LogP contribution in [0.15, 0.2) is 12.3 Å². The molecule has 0 spiro atoms. The standard InChI is InChI=1S/C12H20N4O4S/c1-2-20-12(17)9-21(18,19)15-6-3-10(4-7-15)16-8-5-11(13)14-16/h5,8,10H,2-4,6-7,9H2,1H3,(H2,13,14). The number of sulfonamides is 1. The van der Waals surface area contributed by atoms with Crippen LogP contribution in [0, 0.1) is 0 Å². The molecule has 9 heteroatoms. The van der Waals surface area contributed by atoms with Gasteiger partial charge in [0.1, 0.15) is 5.82 Å². The SMILES string of the molecule is CCOC(=O)CS(=O)(=O)N1CCC(n2ccc(N)n2)CC1. The third kappa shape index (κ3) is 3.94. The van der Waals surface area contributed by atoms with E-state index in [0.29, 0.717) is 31.7 Å². The smallest absolute Gasteiger partial charge is 0.322 e. The summed E-state index contributed by atoms with van der Waals surface area (Å²) < 4.78 is 32.0. The molecule has 0 radical (unpaired) electrons. The number of nitrogen functional groups attached to an aromatic ring is 1. The van der Waals surface area contributed by atoms with Crippen LogP contribution in [0.2, 0.25) is 0 Å². The van der Waals surface area contributed by atoms with Gasteiger partial charge in [-0.15, -0.1) is 0 Å². The predicted molar refractivity (Wildman–Crippen MR) is 76.9 cm³/mol. The molecule has 0 atom stereocenters. The number of ether oxygens (including phenoxy) is 1. The van der Waals surface area contributed by atoms with Gasteiger partial charge in [0, 0.05) is 19.3 Å². The van der Waals surface area contributed by atoms with Gasteiger partial charge in [-0.1, -0.05) is 0 Å². The van der Waals surface area contributed by atoms with Gasteiger partial charge in [-0.05, 0) is 25.8 Å². The third-order valence-electron chi connectivity index (χ3n) is 3.43. The molecule has 0 bridgehead atoms. The number of anilines is 1. The van der Waals surface area contributed by atoms with Crippen molar-refractivity contribution in [3.8, 4) is 0 Å². The highest BCUT2D eigenvalue weighted by molar-refractivity contribution is 7.89. The Labute approximate surface area is 123 Å². The Bertz CT molecular complexity index is 590. The minimum Gasteiger partial charge on any atom is -0.465 e. The minimum atomic E-state index is -3.60. The zero-order valence-corrected chi connectivity index (χ0v) is 12.8. The van der Waals surface area contributed by atoms with E-state index in [9.17, 15) is 13.2 Å². The Hall–Kier alpha value is -1.61. The monoisotopic (exact) mass is 316 g/mol. The second-order valence-corrected chi connectivity index (χ2v) is 6.88. The van der Waals surface area contributed by atoms with Crippen LogP contribution in [0.3, 0.4) is 0 Å². The molecule has 118 valence electrons. The second kappa shape index (κ2) is 6.44. The van der Waals surface area contributed by atoms with E-state index in [0.717, 1.165) is 0 Å². The summed E-state index contributed by atoms with van der Waals surface area (Å²) >= 11 is 0. The van der Waals surface area contributed by atoms with Crippen molar-refractivity contribution < 1.29 is 17.9 Å². The quantitative estimate of drug-likeness (QED) is 0.766. The average molecular weight is 316 g/mol. The van der Waals surface area contributed by atoms with Crippen molar-refractivity contribution in [2.75, 3.05) is 31.2 Å². The normalized spacial score (nSPS) is 17.8. The van der Waals surface area contributed by atoms with Crippen LogP contribution in [-0.2, 0) is 19.6 Å². The van der Waals surface area contributed by atoms with Crippen molar-refractivity contribution >= 4 is 21.8 Å². The number of aromatic nitrogens is 2. The Morgan fingerprint density at radius 3 is 2.67 bits per heavy atom. The predicted octanol–water partition coefficient (Wildman–Crippen LogP) is -0.00490. The minimum absolute atomic E-state index is 0.136. The number of hydrogen-bond donors (Lipinski definition) is 1. The number of rotatable bonds is 5. The fourth-order valence-corrected chi connectivity index (χ4v) is 3.71. The molecule has 0 amide bonds. The zero-order chi connectivity index (χ0) is 15.5. The average Bonchev–Trinajstić information content (AvgIpc) is 2.85. The van der Waals surface area contributed by atoms with E-state index in [2.05, 4.69) is 9.84 Å². The number of carbonyl (C=O) groups is 1. The molecule has 1 aromatic rings. The second-order valence-electron chi connectivity index (χ2n) is 4.91. The Balaban J connectivity index is 1.92. The maximum absolute atomic E-state index is 12.1. The van der Waals surface area contributed by atoms with Gasteiger partial charge in [0.25, 0.3) is 0 Å². The van der Waals surface area contributed by atoms with Crippen LogP contribution in [0.4, 0.5) is 5.82 Å². The van der Waals surface area contributed by atoms with E-state index in [4.69, 9.17) is 5.73 Å². The van der Waals surface area contributed by atoms with E-state index in [1.54, 1.807) is 23.9 Å². The summed E-state index contributed by atoms with van der Waals surface area (Å²) in [5.74, 6) is -0.855. The first kappa shape index (κ1) is 15.8. The van der Waals surface area contributed by atoms with Crippen LogP contribution in [-0.4, -0.2) is 53.9 Å². The first-order chi connectivity index (χ1) is 9.92. The largest absolute Gasteiger partial charge is 0.465 e. The summed E-state index contributed by atoms with van der Waals surface area (Å²) in [5.41, 5.74) is 5.58. The fourth-order valence-electron chi connectivity index (χ4n) is 2.38. The van der Waals surface area contributed by atoms with Crippen molar-refractivity contribution in [3.63, 3.8) is 0 Å². The lowest BCUT2D eigenvalue weighted by molar-refractivity contribution is -0.140. The third-order valence-corrected chi connectivity index (χ3v) is 5.18. The highest BCUT2D eigenvalue weighted by atomic mass is 32.2. The van der Waals surface area contributed by atoms with Crippen molar-refractivity contribution in [2.45, 2.75) is 25.8 Å². The van der Waals surface area contributed by atoms with E-state index < -0.39 is 21.7 Å². The van der Waals surface area contributed by atoms with Crippen molar-refractivity contribution in [3.05, 3.63) is 12.3 Å². The van der Waals surface area contributed by atoms with E-state index in [1.165, 1.54) is 4.31 Å². The molecule has 1 aliphatic rings. The first-order valence-corrected chi connectivity index (χ1v) is 8.47. The lowest BCUT2D eigenvalue weighted by Crippen LogP contribution is -2.41. The summed E-state index contributed by atoms with van der Waals surface area (Å²) in [5, 5.41) is 4.15. The zero-order valence-electron chi connectivity index (χ0n) is 11.9. The fraction of sp³-hybridized carbons (Fsp3) is 0.667. The van der Waals surface area contributed by atoms with Crippen LogP contribution in [0.1, 0.15) is 25.8 Å². The summed E-state index contributed by atoms with van der Waals surface area (Å²) in [7, 11) is -3.60. The number of nitrogens with two attached hydrogens (primary N) is 1. The summed E-state index contributed by atoms with van der Waals surface area (Å²) in [6, 6.07) is 1.85. The molecule has 0 saturated carbocycles. The van der Waals surface area contributed by atoms with Gasteiger partial charge in [0.15, 0.2) is 5.75 Å².